The first-order chi connectivity index (χ1) is 10.1. The standard InChI is InChI=1S/C20H31N/c1-15-6-7-16(2)19(14-15)17(3)21-18-8-12-20(13-9-18)10-4-5-11-20/h6-7,14,17-18,21H,4-5,8-13H2,1-3H3. The van der Waals surface area contributed by atoms with Gasteiger partial charge in [0.15, 0.2) is 0 Å². The maximum atomic E-state index is 3.91. The van der Waals surface area contributed by atoms with Crippen LogP contribution in [0.25, 0.3) is 0 Å². The Bertz CT molecular complexity index is 475. The zero-order valence-corrected chi connectivity index (χ0v) is 14.0. The second-order valence-electron chi connectivity index (χ2n) is 7.73. The quantitative estimate of drug-likeness (QED) is 0.778. The lowest BCUT2D eigenvalue weighted by atomic mass is 9.71. The number of benzene rings is 1. The van der Waals surface area contributed by atoms with Crippen molar-refractivity contribution in [3.63, 3.8) is 0 Å². The van der Waals surface area contributed by atoms with Crippen LogP contribution in [0.2, 0.25) is 0 Å². The van der Waals surface area contributed by atoms with Crippen LogP contribution in [0.5, 0.6) is 0 Å². The fourth-order valence-corrected chi connectivity index (χ4v) is 4.69. The Morgan fingerprint density at radius 3 is 2.38 bits per heavy atom. The van der Waals surface area contributed by atoms with Crippen LogP contribution in [0.1, 0.15) is 81.0 Å². The summed E-state index contributed by atoms with van der Waals surface area (Å²) in [6.45, 7) is 6.77. The molecule has 0 amide bonds. The Morgan fingerprint density at radius 1 is 1.05 bits per heavy atom. The first-order valence-corrected chi connectivity index (χ1v) is 8.91. The lowest BCUT2D eigenvalue weighted by molar-refractivity contribution is 0.164. The predicted octanol–water partition coefficient (Wildman–Crippen LogP) is 5.46. The van der Waals surface area contributed by atoms with Crippen LogP contribution < -0.4 is 5.32 Å². The van der Waals surface area contributed by atoms with Gasteiger partial charge in [-0.05, 0) is 75.8 Å². The van der Waals surface area contributed by atoms with Gasteiger partial charge in [-0.15, -0.1) is 0 Å². The molecular weight excluding hydrogens is 254 g/mol. The second-order valence-corrected chi connectivity index (χ2v) is 7.73. The molecule has 0 aliphatic heterocycles. The molecule has 0 bridgehead atoms. The van der Waals surface area contributed by atoms with E-state index in [1.54, 1.807) is 0 Å². The Morgan fingerprint density at radius 2 is 1.71 bits per heavy atom. The summed E-state index contributed by atoms with van der Waals surface area (Å²) in [6, 6.07) is 8.04. The molecule has 3 rings (SSSR count). The molecule has 1 nitrogen and oxygen atoms in total. The SMILES string of the molecule is Cc1ccc(C)c(C(C)NC2CCC3(CCCC3)CC2)c1. The summed E-state index contributed by atoms with van der Waals surface area (Å²) in [6.07, 6.45) is 11.7. The zero-order chi connectivity index (χ0) is 14.9. The van der Waals surface area contributed by atoms with Crippen molar-refractivity contribution in [1.82, 2.24) is 5.32 Å². The normalized spacial score (nSPS) is 23.6. The van der Waals surface area contributed by atoms with E-state index in [1.807, 2.05) is 0 Å². The summed E-state index contributed by atoms with van der Waals surface area (Å²) in [7, 11) is 0. The van der Waals surface area contributed by atoms with Crippen molar-refractivity contribution in [3.05, 3.63) is 34.9 Å². The average molecular weight is 285 g/mol. The number of aryl methyl sites for hydroxylation is 2. The molecule has 1 heteroatoms. The maximum Gasteiger partial charge on any atom is 0.0297 e. The third-order valence-corrected chi connectivity index (χ3v) is 6.10. The number of rotatable bonds is 3. The maximum absolute atomic E-state index is 3.91. The van der Waals surface area contributed by atoms with Crippen LogP contribution in [0.15, 0.2) is 18.2 Å². The molecule has 1 aromatic carbocycles. The second kappa shape index (κ2) is 6.12. The summed E-state index contributed by atoms with van der Waals surface area (Å²) >= 11 is 0. The molecule has 0 aromatic heterocycles. The summed E-state index contributed by atoms with van der Waals surface area (Å²) in [5.74, 6) is 0. The van der Waals surface area contributed by atoms with E-state index in [-0.39, 0.29) is 0 Å². The fraction of sp³-hybridized carbons (Fsp3) is 0.700. The molecule has 0 saturated heterocycles. The van der Waals surface area contributed by atoms with Gasteiger partial charge < -0.3 is 5.32 Å². The minimum atomic E-state index is 0.479. The minimum Gasteiger partial charge on any atom is -0.307 e. The molecule has 2 saturated carbocycles. The largest absolute Gasteiger partial charge is 0.307 e. The van der Waals surface area contributed by atoms with Gasteiger partial charge in [-0.2, -0.15) is 0 Å². The molecule has 1 unspecified atom stereocenters. The lowest BCUT2D eigenvalue weighted by Crippen LogP contribution is -2.38. The van der Waals surface area contributed by atoms with Gasteiger partial charge in [0.25, 0.3) is 0 Å². The van der Waals surface area contributed by atoms with E-state index in [1.165, 1.54) is 68.1 Å². The zero-order valence-electron chi connectivity index (χ0n) is 14.0. The van der Waals surface area contributed by atoms with E-state index in [0.717, 1.165) is 11.5 Å². The van der Waals surface area contributed by atoms with Gasteiger partial charge in [-0.3, -0.25) is 0 Å². The molecule has 1 N–H and O–H groups in total. The van der Waals surface area contributed by atoms with Crippen LogP contribution in [0, 0.1) is 19.3 Å². The van der Waals surface area contributed by atoms with E-state index in [2.05, 4.69) is 44.3 Å². The molecule has 116 valence electrons. The van der Waals surface area contributed by atoms with Crippen LogP contribution in [-0.2, 0) is 0 Å². The first kappa shape index (κ1) is 15.1. The highest BCUT2D eigenvalue weighted by Gasteiger charge is 2.37. The molecular formula is C20H31N. The van der Waals surface area contributed by atoms with Crippen molar-refractivity contribution >= 4 is 0 Å². The Kier molecular flexibility index (Phi) is 4.40. The Hall–Kier alpha value is -0.820. The highest BCUT2D eigenvalue weighted by molar-refractivity contribution is 5.32. The van der Waals surface area contributed by atoms with E-state index >= 15 is 0 Å². The summed E-state index contributed by atoms with van der Waals surface area (Å²) in [4.78, 5) is 0. The molecule has 1 atom stereocenters. The van der Waals surface area contributed by atoms with E-state index in [4.69, 9.17) is 0 Å². The highest BCUT2D eigenvalue weighted by Crippen LogP contribution is 2.49. The number of nitrogens with one attached hydrogen (secondary N) is 1. The molecule has 21 heavy (non-hydrogen) atoms. The fourth-order valence-electron chi connectivity index (χ4n) is 4.69. The van der Waals surface area contributed by atoms with Crippen molar-refractivity contribution in [3.8, 4) is 0 Å². The average Bonchev–Trinajstić information content (AvgIpc) is 2.93. The topological polar surface area (TPSA) is 12.0 Å². The van der Waals surface area contributed by atoms with Gasteiger partial charge >= 0.3 is 0 Å². The van der Waals surface area contributed by atoms with Gasteiger partial charge in [0, 0.05) is 12.1 Å². The summed E-state index contributed by atoms with van der Waals surface area (Å²) < 4.78 is 0. The van der Waals surface area contributed by atoms with Gasteiger partial charge in [0.2, 0.25) is 0 Å². The summed E-state index contributed by atoms with van der Waals surface area (Å²) in [5, 5.41) is 3.91. The van der Waals surface area contributed by atoms with Crippen LogP contribution in [0.4, 0.5) is 0 Å². The summed E-state index contributed by atoms with van der Waals surface area (Å²) in [5.41, 5.74) is 5.03. The molecule has 1 spiro atoms. The van der Waals surface area contributed by atoms with Crippen LogP contribution in [-0.4, -0.2) is 6.04 Å². The number of hydrogen-bond acceptors (Lipinski definition) is 1. The predicted molar refractivity (Wildman–Crippen MR) is 90.6 cm³/mol. The molecule has 0 radical (unpaired) electrons. The first-order valence-electron chi connectivity index (χ1n) is 8.91. The molecule has 0 heterocycles. The molecule has 2 aliphatic carbocycles. The molecule has 2 fully saturated rings. The molecule has 2 aliphatic rings. The highest BCUT2D eigenvalue weighted by atomic mass is 14.9. The monoisotopic (exact) mass is 285 g/mol. The van der Waals surface area contributed by atoms with Crippen LogP contribution >= 0.6 is 0 Å². The third-order valence-electron chi connectivity index (χ3n) is 6.10. The van der Waals surface area contributed by atoms with Crippen molar-refractivity contribution < 1.29 is 0 Å². The van der Waals surface area contributed by atoms with E-state index in [0.29, 0.717) is 6.04 Å². The Balaban J connectivity index is 1.58. The molecule has 1 aromatic rings. The lowest BCUT2D eigenvalue weighted by Gasteiger charge is -2.38. The third kappa shape index (κ3) is 3.34. The van der Waals surface area contributed by atoms with Crippen molar-refractivity contribution in [2.75, 3.05) is 0 Å². The van der Waals surface area contributed by atoms with Gasteiger partial charge in [-0.25, -0.2) is 0 Å². The van der Waals surface area contributed by atoms with Crippen molar-refractivity contribution in [2.45, 2.75) is 84.2 Å². The number of hydrogen-bond donors (Lipinski definition) is 1. The van der Waals surface area contributed by atoms with Crippen molar-refractivity contribution in [1.29, 1.82) is 0 Å². The van der Waals surface area contributed by atoms with Crippen LogP contribution in [0.3, 0.4) is 0 Å². The Labute approximate surface area is 130 Å². The minimum absolute atomic E-state index is 0.479. The van der Waals surface area contributed by atoms with Gasteiger partial charge in [0.1, 0.15) is 0 Å². The van der Waals surface area contributed by atoms with Crippen molar-refractivity contribution in [2.24, 2.45) is 5.41 Å². The van der Waals surface area contributed by atoms with E-state index in [9.17, 15) is 0 Å². The van der Waals surface area contributed by atoms with Gasteiger partial charge in [0.05, 0.1) is 0 Å². The van der Waals surface area contributed by atoms with Gasteiger partial charge in [-0.1, -0.05) is 36.6 Å². The van der Waals surface area contributed by atoms with E-state index < -0.39 is 0 Å². The smallest absolute Gasteiger partial charge is 0.0297 e.